The van der Waals surface area contributed by atoms with Crippen LogP contribution >= 0.6 is 0 Å². The Morgan fingerprint density at radius 2 is 1.35 bits per heavy atom. The van der Waals surface area contributed by atoms with Crippen molar-refractivity contribution in [3.63, 3.8) is 0 Å². The fourth-order valence-electron chi connectivity index (χ4n) is 3.56. The Bertz CT molecular complexity index is 1340. The fourth-order valence-corrected chi connectivity index (χ4v) is 4.93. The first-order valence-corrected chi connectivity index (χ1v) is 12.6. The molecule has 4 aromatic carbocycles. The number of carbonyl (C=O) groups is 1. The van der Waals surface area contributed by atoms with Gasteiger partial charge in [0.15, 0.2) is 9.84 Å². The maximum atomic E-state index is 12.5. The molecule has 0 atom stereocenters. The molecule has 0 aliphatic carbocycles. The summed E-state index contributed by atoms with van der Waals surface area (Å²) in [6.45, 7) is 0.662. The Balaban J connectivity index is 1.30. The van der Waals surface area contributed by atoms with Gasteiger partial charge in [0.25, 0.3) is 5.91 Å². The number of benzene rings is 4. The van der Waals surface area contributed by atoms with Crippen molar-refractivity contribution in [2.45, 2.75) is 10.6 Å². The summed E-state index contributed by atoms with van der Waals surface area (Å²) in [6.07, 6.45) is 0. The lowest BCUT2D eigenvalue weighted by atomic mass is 10.1. The van der Waals surface area contributed by atoms with Gasteiger partial charge in [-0.05, 0) is 41.5 Å². The Morgan fingerprint density at radius 3 is 2.06 bits per heavy atom. The minimum absolute atomic E-state index is 0.117. The largest absolute Gasteiger partial charge is 0.491 e. The van der Waals surface area contributed by atoms with E-state index in [1.54, 1.807) is 54.6 Å². The number of ether oxygens (including phenoxy) is 1. The second-order valence-corrected chi connectivity index (χ2v) is 9.73. The minimum atomic E-state index is -3.43. The summed E-state index contributed by atoms with van der Waals surface area (Å²) in [7, 11) is -3.43. The Labute approximate surface area is 200 Å². The van der Waals surface area contributed by atoms with Gasteiger partial charge >= 0.3 is 0 Å². The summed E-state index contributed by atoms with van der Waals surface area (Å²) in [4.78, 5) is 12.8. The molecule has 34 heavy (non-hydrogen) atoms. The second-order valence-electron chi connectivity index (χ2n) is 7.74. The number of nitrogens with one attached hydrogen (secondary N) is 1. The van der Waals surface area contributed by atoms with E-state index in [-0.39, 0.29) is 16.6 Å². The molecule has 0 fully saturated rings. The van der Waals surface area contributed by atoms with Crippen LogP contribution in [0.1, 0.15) is 15.9 Å². The van der Waals surface area contributed by atoms with E-state index in [9.17, 15) is 13.2 Å². The van der Waals surface area contributed by atoms with Gasteiger partial charge in [0.05, 0.1) is 17.2 Å². The van der Waals surface area contributed by atoms with Gasteiger partial charge in [-0.2, -0.15) is 0 Å². The first kappa shape index (κ1) is 23.3. The molecule has 1 amide bonds. The fraction of sp³-hybridized carbons (Fsp3) is 0.107. The van der Waals surface area contributed by atoms with Gasteiger partial charge in [-0.3, -0.25) is 4.79 Å². The Kier molecular flexibility index (Phi) is 7.40. The molecule has 6 heteroatoms. The Hall–Kier alpha value is -3.90. The molecular weight excluding hydrogens is 446 g/mol. The number of hydrogen-bond acceptors (Lipinski definition) is 4. The topological polar surface area (TPSA) is 72.5 Å². The van der Waals surface area contributed by atoms with E-state index in [0.29, 0.717) is 24.3 Å². The summed E-state index contributed by atoms with van der Waals surface area (Å²) < 4.78 is 31.0. The number of amides is 1. The smallest absolute Gasteiger partial charge is 0.251 e. The summed E-state index contributed by atoms with van der Waals surface area (Å²) in [5.74, 6) is 0.400. The Morgan fingerprint density at radius 1 is 0.735 bits per heavy atom. The van der Waals surface area contributed by atoms with E-state index >= 15 is 0 Å². The van der Waals surface area contributed by atoms with Crippen molar-refractivity contribution >= 4 is 15.7 Å². The molecule has 1 N–H and O–H groups in total. The van der Waals surface area contributed by atoms with Crippen molar-refractivity contribution < 1.29 is 17.9 Å². The van der Waals surface area contributed by atoms with E-state index < -0.39 is 9.84 Å². The molecule has 0 aliphatic heterocycles. The van der Waals surface area contributed by atoms with E-state index in [1.165, 1.54) is 0 Å². The van der Waals surface area contributed by atoms with Gasteiger partial charge in [-0.25, -0.2) is 8.42 Å². The lowest BCUT2D eigenvalue weighted by Crippen LogP contribution is -2.28. The normalized spacial score (nSPS) is 11.1. The molecule has 0 aromatic heterocycles. The summed E-state index contributed by atoms with van der Waals surface area (Å²) in [6, 6.07) is 32.7. The highest BCUT2D eigenvalue weighted by Crippen LogP contribution is 2.29. The van der Waals surface area contributed by atoms with Crippen LogP contribution in [0.15, 0.2) is 114 Å². The predicted octanol–water partition coefficient (Wildman–Crippen LogP) is 5.14. The molecule has 0 unspecified atom stereocenters. The first-order chi connectivity index (χ1) is 16.5. The SMILES string of the molecule is O=C(NCCOc1ccccc1-c1ccccc1)c1ccc(CS(=O)(=O)c2ccccc2)cc1. The zero-order valence-electron chi connectivity index (χ0n) is 18.6. The number of hydrogen-bond donors (Lipinski definition) is 1. The zero-order chi connectivity index (χ0) is 23.8. The average Bonchev–Trinajstić information content (AvgIpc) is 2.88. The molecule has 4 rings (SSSR count). The van der Waals surface area contributed by atoms with Crippen LogP contribution in [0.3, 0.4) is 0 Å². The lowest BCUT2D eigenvalue weighted by molar-refractivity contribution is 0.0947. The third-order valence-corrected chi connectivity index (χ3v) is 7.00. The standard InChI is InChI=1S/C28H25NO4S/c30-28(24-17-15-22(16-18-24)21-34(31,32)25-11-5-2-6-12-25)29-19-20-33-27-14-8-7-13-26(27)23-9-3-1-4-10-23/h1-18H,19-21H2,(H,29,30). The number of sulfone groups is 1. The highest BCUT2D eigenvalue weighted by molar-refractivity contribution is 7.90. The van der Waals surface area contributed by atoms with Gasteiger partial charge < -0.3 is 10.1 Å². The van der Waals surface area contributed by atoms with Crippen LogP contribution in [0.2, 0.25) is 0 Å². The molecule has 0 radical (unpaired) electrons. The molecule has 4 aromatic rings. The first-order valence-electron chi connectivity index (χ1n) is 11.0. The minimum Gasteiger partial charge on any atom is -0.491 e. The highest BCUT2D eigenvalue weighted by Gasteiger charge is 2.15. The van der Waals surface area contributed by atoms with Crippen LogP contribution in [0.4, 0.5) is 0 Å². The summed E-state index contributed by atoms with van der Waals surface area (Å²) in [5, 5.41) is 2.84. The summed E-state index contributed by atoms with van der Waals surface area (Å²) >= 11 is 0. The van der Waals surface area contributed by atoms with Crippen LogP contribution in [0, 0.1) is 0 Å². The van der Waals surface area contributed by atoms with Crippen molar-refractivity contribution in [3.8, 4) is 16.9 Å². The van der Waals surface area contributed by atoms with Crippen molar-refractivity contribution in [3.05, 3.63) is 120 Å². The third-order valence-electron chi connectivity index (χ3n) is 5.29. The summed E-state index contributed by atoms with van der Waals surface area (Å²) in [5.41, 5.74) is 3.15. The van der Waals surface area contributed by atoms with Gasteiger partial charge in [0.1, 0.15) is 12.4 Å². The monoisotopic (exact) mass is 471 g/mol. The molecule has 0 saturated heterocycles. The van der Waals surface area contributed by atoms with Crippen LogP contribution < -0.4 is 10.1 Å². The number of rotatable bonds is 9. The van der Waals surface area contributed by atoms with Crippen molar-refractivity contribution in [1.29, 1.82) is 0 Å². The van der Waals surface area contributed by atoms with Gasteiger partial charge in [-0.15, -0.1) is 0 Å². The molecule has 0 saturated carbocycles. The molecular formula is C28H25NO4S. The quantitative estimate of drug-likeness (QED) is 0.343. The highest BCUT2D eigenvalue weighted by atomic mass is 32.2. The van der Waals surface area contributed by atoms with Gasteiger partial charge in [0.2, 0.25) is 0 Å². The zero-order valence-corrected chi connectivity index (χ0v) is 19.4. The van der Waals surface area contributed by atoms with Crippen LogP contribution in [-0.2, 0) is 15.6 Å². The van der Waals surface area contributed by atoms with Gasteiger partial charge in [0, 0.05) is 11.1 Å². The van der Waals surface area contributed by atoms with Crippen LogP contribution in [-0.4, -0.2) is 27.5 Å². The van der Waals surface area contributed by atoms with E-state index in [1.807, 2.05) is 54.6 Å². The van der Waals surface area contributed by atoms with Crippen molar-refractivity contribution in [1.82, 2.24) is 5.32 Å². The van der Waals surface area contributed by atoms with E-state index in [0.717, 1.165) is 16.9 Å². The maximum absolute atomic E-state index is 12.5. The number of carbonyl (C=O) groups excluding carboxylic acids is 1. The molecule has 172 valence electrons. The van der Waals surface area contributed by atoms with Crippen molar-refractivity contribution in [2.24, 2.45) is 0 Å². The molecule has 0 spiro atoms. The molecule has 0 bridgehead atoms. The van der Waals surface area contributed by atoms with Crippen LogP contribution in [0.5, 0.6) is 5.75 Å². The van der Waals surface area contributed by atoms with E-state index in [4.69, 9.17) is 4.74 Å². The molecule has 5 nitrogen and oxygen atoms in total. The number of para-hydroxylation sites is 1. The van der Waals surface area contributed by atoms with E-state index in [2.05, 4.69) is 5.32 Å². The molecule has 0 heterocycles. The van der Waals surface area contributed by atoms with Gasteiger partial charge in [-0.1, -0.05) is 78.9 Å². The average molecular weight is 472 g/mol. The maximum Gasteiger partial charge on any atom is 0.251 e. The molecule has 0 aliphatic rings. The predicted molar refractivity (Wildman–Crippen MR) is 133 cm³/mol. The van der Waals surface area contributed by atoms with Crippen LogP contribution in [0.25, 0.3) is 11.1 Å². The second kappa shape index (κ2) is 10.8. The lowest BCUT2D eigenvalue weighted by Gasteiger charge is -2.12. The van der Waals surface area contributed by atoms with Crippen molar-refractivity contribution in [2.75, 3.05) is 13.2 Å². The third kappa shape index (κ3) is 5.91.